The van der Waals surface area contributed by atoms with E-state index in [4.69, 9.17) is 10.4 Å². The SMILES string of the molecule is CC(NCc1ccc(F)c(C#N)c1)c1ccc(S(N)(=O)=O)cc1. The summed E-state index contributed by atoms with van der Waals surface area (Å²) in [4.78, 5) is 0.0608. The van der Waals surface area contributed by atoms with E-state index in [1.165, 1.54) is 24.3 Å². The Labute approximate surface area is 134 Å². The molecular weight excluding hydrogens is 317 g/mol. The van der Waals surface area contributed by atoms with Gasteiger partial charge in [0.1, 0.15) is 11.9 Å². The minimum Gasteiger partial charge on any atom is -0.306 e. The molecule has 1 atom stereocenters. The van der Waals surface area contributed by atoms with Crippen LogP contribution in [0.25, 0.3) is 0 Å². The maximum absolute atomic E-state index is 13.3. The lowest BCUT2D eigenvalue weighted by molar-refractivity contribution is 0.571. The van der Waals surface area contributed by atoms with Crippen molar-refractivity contribution in [2.45, 2.75) is 24.4 Å². The minimum absolute atomic E-state index is 0.00876. The van der Waals surface area contributed by atoms with Crippen LogP contribution in [0.3, 0.4) is 0 Å². The third-order valence-electron chi connectivity index (χ3n) is 3.47. The van der Waals surface area contributed by atoms with Crippen molar-refractivity contribution in [1.29, 1.82) is 5.26 Å². The third-order valence-corrected chi connectivity index (χ3v) is 4.40. The van der Waals surface area contributed by atoms with E-state index in [1.807, 2.05) is 6.92 Å². The second-order valence-corrected chi connectivity index (χ2v) is 6.70. The Kier molecular flexibility index (Phi) is 5.11. The first-order chi connectivity index (χ1) is 10.8. The van der Waals surface area contributed by atoms with Gasteiger partial charge in [0.2, 0.25) is 10.0 Å². The molecule has 0 aliphatic carbocycles. The van der Waals surface area contributed by atoms with E-state index in [0.29, 0.717) is 6.54 Å². The van der Waals surface area contributed by atoms with Crippen LogP contribution in [0.5, 0.6) is 0 Å². The number of nitrogens with zero attached hydrogens (tertiary/aromatic N) is 1. The van der Waals surface area contributed by atoms with Crippen LogP contribution in [0.2, 0.25) is 0 Å². The summed E-state index contributed by atoms with van der Waals surface area (Å²) in [5.74, 6) is -0.539. The smallest absolute Gasteiger partial charge is 0.238 e. The first-order valence-electron chi connectivity index (χ1n) is 6.86. The zero-order chi connectivity index (χ0) is 17.0. The number of primary sulfonamides is 1. The van der Waals surface area contributed by atoms with E-state index in [1.54, 1.807) is 24.3 Å². The van der Waals surface area contributed by atoms with Gasteiger partial charge in [0.15, 0.2) is 0 Å². The quantitative estimate of drug-likeness (QED) is 0.876. The highest BCUT2D eigenvalue weighted by atomic mass is 32.2. The van der Waals surface area contributed by atoms with Gasteiger partial charge in [0.25, 0.3) is 0 Å². The van der Waals surface area contributed by atoms with Crippen molar-refractivity contribution in [3.63, 3.8) is 0 Å². The van der Waals surface area contributed by atoms with Crippen molar-refractivity contribution in [3.05, 3.63) is 65.0 Å². The van der Waals surface area contributed by atoms with Crippen LogP contribution in [0.4, 0.5) is 4.39 Å². The van der Waals surface area contributed by atoms with Gasteiger partial charge in [-0.25, -0.2) is 17.9 Å². The van der Waals surface area contributed by atoms with E-state index in [9.17, 15) is 12.8 Å². The topological polar surface area (TPSA) is 96.0 Å². The number of halogens is 1. The molecule has 0 aromatic heterocycles. The van der Waals surface area contributed by atoms with Crippen molar-refractivity contribution < 1.29 is 12.8 Å². The fraction of sp³-hybridized carbons (Fsp3) is 0.188. The lowest BCUT2D eigenvalue weighted by atomic mass is 10.1. The highest BCUT2D eigenvalue weighted by Crippen LogP contribution is 2.17. The molecule has 0 heterocycles. The molecule has 3 N–H and O–H groups in total. The fourth-order valence-corrected chi connectivity index (χ4v) is 2.62. The second kappa shape index (κ2) is 6.87. The van der Waals surface area contributed by atoms with Crippen LogP contribution < -0.4 is 10.5 Å². The Morgan fingerprint density at radius 3 is 2.48 bits per heavy atom. The Balaban J connectivity index is 2.05. The predicted molar refractivity (Wildman–Crippen MR) is 84.2 cm³/mol. The van der Waals surface area contributed by atoms with E-state index in [-0.39, 0.29) is 16.5 Å². The van der Waals surface area contributed by atoms with Gasteiger partial charge < -0.3 is 5.32 Å². The molecule has 2 aromatic carbocycles. The predicted octanol–water partition coefficient (Wildman–Crippen LogP) is 2.20. The molecule has 23 heavy (non-hydrogen) atoms. The van der Waals surface area contributed by atoms with Crippen molar-refractivity contribution in [3.8, 4) is 6.07 Å². The first-order valence-corrected chi connectivity index (χ1v) is 8.40. The number of hydrogen-bond donors (Lipinski definition) is 2. The van der Waals surface area contributed by atoms with E-state index in [2.05, 4.69) is 5.32 Å². The largest absolute Gasteiger partial charge is 0.306 e. The lowest BCUT2D eigenvalue weighted by Crippen LogP contribution is -2.18. The van der Waals surface area contributed by atoms with E-state index in [0.717, 1.165) is 11.1 Å². The number of benzene rings is 2. The molecule has 0 aliphatic rings. The highest BCUT2D eigenvalue weighted by molar-refractivity contribution is 7.89. The summed E-state index contributed by atoms with van der Waals surface area (Å²) in [6.45, 7) is 2.37. The molecule has 0 saturated heterocycles. The van der Waals surface area contributed by atoms with Gasteiger partial charge in [-0.15, -0.1) is 0 Å². The third kappa shape index (κ3) is 4.36. The molecule has 0 amide bonds. The number of nitrogens with one attached hydrogen (secondary N) is 1. The Bertz CT molecular complexity index is 843. The summed E-state index contributed by atoms with van der Waals surface area (Å²) in [7, 11) is -3.70. The molecule has 7 heteroatoms. The van der Waals surface area contributed by atoms with E-state index >= 15 is 0 Å². The summed E-state index contributed by atoms with van der Waals surface area (Å²) >= 11 is 0. The zero-order valence-corrected chi connectivity index (χ0v) is 13.3. The van der Waals surface area contributed by atoms with Gasteiger partial charge in [0.05, 0.1) is 10.5 Å². The first kappa shape index (κ1) is 17.1. The number of nitrogens with two attached hydrogens (primary N) is 1. The molecule has 2 rings (SSSR count). The maximum Gasteiger partial charge on any atom is 0.238 e. The van der Waals surface area contributed by atoms with Crippen LogP contribution in [0.1, 0.15) is 29.7 Å². The van der Waals surface area contributed by atoms with Gasteiger partial charge in [-0.2, -0.15) is 5.26 Å². The molecular formula is C16H16FN3O2S. The van der Waals surface area contributed by atoms with Crippen LogP contribution >= 0.6 is 0 Å². The summed E-state index contributed by atoms with van der Waals surface area (Å²) in [5.41, 5.74) is 1.69. The number of nitriles is 1. The van der Waals surface area contributed by atoms with Gasteiger partial charge in [-0.05, 0) is 42.3 Å². The average Bonchev–Trinajstić information content (AvgIpc) is 2.53. The van der Waals surface area contributed by atoms with Crippen molar-refractivity contribution in [2.75, 3.05) is 0 Å². The van der Waals surface area contributed by atoms with Crippen molar-refractivity contribution >= 4 is 10.0 Å². The number of rotatable bonds is 5. The number of sulfonamides is 1. The van der Waals surface area contributed by atoms with Crippen LogP contribution in [0, 0.1) is 17.1 Å². The van der Waals surface area contributed by atoms with Crippen LogP contribution in [-0.4, -0.2) is 8.42 Å². The molecule has 0 aliphatic heterocycles. The molecule has 0 fully saturated rings. The fourth-order valence-electron chi connectivity index (χ4n) is 2.10. The summed E-state index contributed by atoms with van der Waals surface area (Å²) in [5, 5.41) is 17.1. The van der Waals surface area contributed by atoms with Gasteiger partial charge in [0, 0.05) is 12.6 Å². The van der Waals surface area contributed by atoms with Gasteiger partial charge in [-0.3, -0.25) is 0 Å². The molecule has 120 valence electrons. The molecule has 1 unspecified atom stereocenters. The molecule has 0 spiro atoms. The summed E-state index contributed by atoms with van der Waals surface area (Å²) < 4.78 is 35.7. The van der Waals surface area contributed by atoms with Crippen molar-refractivity contribution in [1.82, 2.24) is 5.32 Å². The average molecular weight is 333 g/mol. The van der Waals surface area contributed by atoms with Gasteiger partial charge in [-0.1, -0.05) is 18.2 Å². The normalized spacial score (nSPS) is 12.6. The standard InChI is InChI=1S/C16H16FN3O2S/c1-11(13-3-5-15(6-4-13)23(19,21)22)20-10-12-2-7-16(17)14(8-12)9-18/h2-8,11,20H,10H2,1H3,(H2,19,21,22). The highest BCUT2D eigenvalue weighted by Gasteiger charge is 2.10. The molecule has 2 aromatic rings. The molecule has 0 bridgehead atoms. The Morgan fingerprint density at radius 2 is 1.91 bits per heavy atom. The Morgan fingerprint density at radius 1 is 1.26 bits per heavy atom. The lowest BCUT2D eigenvalue weighted by Gasteiger charge is -2.15. The van der Waals surface area contributed by atoms with Crippen LogP contribution in [-0.2, 0) is 16.6 Å². The van der Waals surface area contributed by atoms with Crippen LogP contribution in [0.15, 0.2) is 47.4 Å². The number of hydrogen-bond acceptors (Lipinski definition) is 4. The summed E-state index contributed by atoms with van der Waals surface area (Å²) in [6, 6.07) is 12.4. The minimum atomic E-state index is -3.70. The van der Waals surface area contributed by atoms with Gasteiger partial charge >= 0.3 is 0 Å². The van der Waals surface area contributed by atoms with E-state index < -0.39 is 15.8 Å². The molecule has 5 nitrogen and oxygen atoms in total. The second-order valence-electron chi connectivity index (χ2n) is 5.14. The zero-order valence-electron chi connectivity index (χ0n) is 12.5. The molecule has 0 saturated carbocycles. The molecule has 0 radical (unpaired) electrons. The summed E-state index contributed by atoms with van der Waals surface area (Å²) in [6.07, 6.45) is 0. The monoisotopic (exact) mass is 333 g/mol. The van der Waals surface area contributed by atoms with Crippen molar-refractivity contribution in [2.24, 2.45) is 5.14 Å². The maximum atomic E-state index is 13.3. The Hall–Kier alpha value is -2.27.